The predicted molar refractivity (Wildman–Crippen MR) is 76.7 cm³/mol. The summed E-state index contributed by atoms with van der Waals surface area (Å²) in [6.45, 7) is 1.52. The van der Waals surface area contributed by atoms with Crippen LogP contribution in [0.4, 0.5) is 5.69 Å². The number of anilines is 1. The van der Waals surface area contributed by atoms with Crippen molar-refractivity contribution in [1.29, 1.82) is 0 Å². The number of hydrogen-bond donors (Lipinski definition) is 1. The molecule has 0 aliphatic carbocycles. The van der Waals surface area contributed by atoms with E-state index in [2.05, 4.69) is 23.5 Å². The number of benzene rings is 2. The van der Waals surface area contributed by atoms with E-state index in [1.807, 2.05) is 36.4 Å². The fourth-order valence-electron chi connectivity index (χ4n) is 1.61. The summed E-state index contributed by atoms with van der Waals surface area (Å²) in [6, 6.07) is 18.2. The van der Waals surface area contributed by atoms with E-state index in [0.29, 0.717) is 0 Å². The maximum absolute atomic E-state index is 11.0. The number of carbonyl (C=O) groups is 1. The molecule has 0 unspecified atom stereocenters. The number of carbonyl (C=O) groups excluding carboxylic acids is 1. The Labute approximate surface area is 111 Å². The minimum atomic E-state index is -0.0415. The Morgan fingerprint density at radius 1 is 1.11 bits per heavy atom. The van der Waals surface area contributed by atoms with Crippen molar-refractivity contribution in [3.63, 3.8) is 0 Å². The molecule has 2 aromatic rings. The number of rotatable bonds is 4. The van der Waals surface area contributed by atoms with Crippen LogP contribution in [0, 0.1) is 0 Å². The zero-order valence-electron chi connectivity index (χ0n) is 10.2. The predicted octanol–water partition coefficient (Wildman–Crippen LogP) is 3.94. The SMILES string of the molecule is CC(=O)Nc1cccc(SCc2ccccc2)c1. The van der Waals surface area contributed by atoms with E-state index in [4.69, 9.17) is 0 Å². The Morgan fingerprint density at radius 2 is 1.89 bits per heavy atom. The van der Waals surface area contributed by atoms with Gasteiger partial charge in [-0.2, -0.15) is 0 Å². The Kier molecular flexibility index (Phi) is 4.42. The molecule has 92 valence electrons. The average molecular weight is 257 g/mol. The first kappa shape index (κ1) is 12.7. The summed E-state index contributed by atoms with van der Waals surface area (Å²) in [5.74, 6) is 0.893. The summed E-state index contributed by atoms with van der Waals surface area (Å²) in [7, 11) is 0. The Morgan fingerprint density at radius 3 is 2.61 bits per heavy atom. The van der Waals surface area contributed by atoms with Gasteiger partial charge in [0.15, 0.2) is 0 Å². The van der Waals surface area contributed by atoms with E-state index >= 15 is 0 Å². The Hall–Kier alpha value is -1.74. The van der Waals surface area contributed by atoms with Crippen LogP contribution in [-0.4, -0.2) is 5.91 Å². The van der Waals surface area contributed by atoms with Crippen LogP contribution < -0.4 is 5.32 Å². The largest absolute Gasteiger partial charge is 0.326 e. The normalized spacial score (nSPS) is 10.1. The van der Waals surface area contributed by atoms with Crippen LogP contribution in [0.15, 0.2) is 59.5 Å². The molecule has 0 fully saturated rings. The molecular formula is C15H15NOS. The number of nitrogens with one attached hydrogen (secondary N) is 1. The van der Waals surface area contributed by atoms with Gasteiger partial charge in [-0.1, -0.05) is 36.4 Å². The van der Waals surface area contributed by atoms with Gasteiger partial charge >= 0.3 is 0 Å². The third kappa shape index (κ3) is 3.93. The number of amides is 1. The highest BCUT2D eigenvalue weighted by Crippen LogP contribution is 2.25. The molecule has 0 radical (unpaired) electrons. The first-order chi connectivity index (χ1) is 8.74. The first-order valence-electron chi connectivity index (χ1n) is 5.78. The van der Waals surface area contributed by atoms with Crippen molar-refractivity contribution in [2.45, 2.75) is 17.6 Å². The van der Waals surface area contributed by atoms with Gasteiger partial charge in [-0.05, 0) is 23.8 Å². The molecule has 0 bridgehead atoms. The van der Waals surface area contributed by atoms with Crippen LogP contribution in [0.2, 0.25) is 0 Å². The smallest absolute Gasteiger partial charge is 0.221 e. The molecule has 3 heteroatoms. The van der Waals surface area contributed by atoms with E-state index in [0.717, 1.165) is 16.3 Å². The molecule has 0 spiro atoms. The van der Waals surface area contributed by atoms with E-state index in [1.165, 1.54) is 12.5 Å². The van der Waals surface area contributed by atoms with Crippen molar-refractivity contribution in [2.24, 2.45) is 0 Å². The third-order valence-electron chi connectivity index (χ3n) is 2.40. The molecular weight excluding hydrogens is 242 g/mol. The lowest BCUT2D eigenvalue weighted by Gasteiger charge is -2.05. The standard InChI is InChI=1S/C15H15NOS/c1-12(17)16-14-8-5-9-15(10-14)18-11-13-6-3-2-4-7-13/h2-10H,11H2,1H3,(H,16,17). The van der Waals surface area contributed by atoms with Crippen LogP contribution in [-0.2, 0) is 10.5 Å². The van der Waals surface area contributed by atoms with E-state index in [1.54, 1.807) is 11.8 Å². The molecule has 2 rings (SSSR count). The van der Waals surface area contributed by atoms with E-state index in [-0.39, 0.29) is 5.91 Å². The highest BCUT2D eigenvalue weighted by atomic mass is 32.2. The molecule has 0 atom stereocenters. The van der Waals surface area contributed by atoms with Gasteiger partial charge in [0, 0.05) is 23.3 Å². The van der Waals surface area contributed by atoms with Gasteiger partial charge < -0.3 is 5.32 Å². The summed E-state index contributed by atoms with van der Waals surface area (Å²) >= 11 is 1.76. The van der Waals surface area contributed by atoms with Gasteiger partial charge in [0.05, 0.1) is 0 Å². The zero-order valence-corrected chi connectivity index (χ0v) is 11.0. The molecule has 0 heterocycles. The topological polar surface area (TPSA) is 29.1 Å². The van der Waals surface area contributed by atoms with Gasteiger partial charge in [0.25, 0.3) is 0 Å². The number of hydrogen-bond acceptors (Lipinski definition) is 2. The average Bonchev–Trinajstić information content (AvgIpc) is 2.37. The van der Waals surface area contributed by atoms with Gasteiger partial charge in [-0.15, -0.1) is 11.8 Å². The summed E-state index contributed by atoms with van der Waals surface area (Å²) in [5, 5.41) is 2.79. The molecule has 0 aliphatic rings. The summed E-state index contributed by atoms with van der Waals surface area (Å²) < 4.78 is 0. The minimum absolute atomic E-state index is 0.0415. The van der Waals surface area contributed by atoms with Crippen LogP contribution in [0.25, 0.3) is 0 Å². The molecule has 2 aromatic carbocycles. The second-order valence-corrected chi connectivity index (χ2v) is 5.03. The lowest BCUT2D eigenvalue weighted by Crippen LogP contribution is -2.05. The van der Waals surface area contributed by atoms with Crippen LogP contribution in [0.5, 0.6) is 0 Å². The molecule has 18 heavy (non-hydrogen) atoms. The van der Waals surface area contributed by atoms with Gasteiger partial charge in [0.2, 0.25) is 5.91 Å². The molecule has 0 aromatic heterocycles. The third-order valence-corrected chi connectivity index (χ3v) is 3.47. The van der Waals surface area contributed by atoms with Crippen LogP contribution in [0.3, 0.4) is 0 Å². The first-order valence-corrected chi connectivity index (χ1v) is 6.77. The van der Waals surface area contributed by atoms with Crippen molar-refractivity contribution < 1.29 is 4.79 Å². The Balaban J connectivity index is 1.99. The van der Waals surface area contributed by atoms with E-state index < -0.39 is 0 Å². The summed E-state index contributed by atoms with van der Waals surface area (Å²) in [4.78, 5) is 12.1. The second-order valence-electron chi connectivity index (χ2n) is 3.98. The summed E-state index contributed by atoms with van der Waals surface area (Å²) in [6.07, 6.45) is 0. The van der Waals surface area contributed by atoms with Gasteiger partial charge in [-0.25, -0.2) is 0 Å². The van der Waals surface area contributed by atoms with E-state index in [9.17, 15) is 4.79 Å². The van der Waals surface area contributed by atoms with Gasteiger partial charge in [0.1, 0.15) is 0 Å². The minimum Gasteiger partial charge on any atom is -0.326 e. The molecule has 2 nitrogen and oxygen atoms in total. The monoisotopic (exact) mass is 257 g/mol. The lowest BCUT2D eigenvalue weighted by molar-refractivity contribution is -0.114. The molecule has 0 aliphatic heterocycles. The fraction of sp³-hybridized carbons (Fsp3) is 0.133. The second kappa shape index (κ2) is 6.26. The highest BCUT2D eigenvalue weighted by molar-refractivity contribution is 7.98. The number of thioether (sulfide) groups is 1. The maximum Gasteiger partial charge on any atom is 0.221 e. The van der Waals surface area contributed by atoms with Crippen molar-refractivity contribution in [3.8, 4) is 0 Å². The summed E-state index contributed by atoms with van der Waals surface area (Å²) in [5.41, 5.74) is 2.15. The van der Waals surface area contributed by atoms with Crippen molar-refractivity contribution in [2.75, 3.05) is 5.32 Å². The Bertz CT molecular complexity index is 525. The molecule has 0 saturated carbocycles. The van der Waals surface area contributed by atoms with Crippen LogP contribution in [0.1, 0.15) is 12.5 Å². The maximum atomic E-state index is 11.0. The van der Waals surface area contributed by atoms with Crippen molar-refractivity contribution >= 4 is 23.4 Å². The van der Waals surface area contributed by atoms with Crippen molar-refractivity contribution in [3.05, 3.63) is 60.2 Å². The molecule has 0 saturated heterocycles. The zero-order chi connectivity index (χ0) is 12.8. The quantitative estimate of drug-likeness (QED) is 0.841. The van der Waals surface area contributed by atoms with Crippen molar-refractivity contribution in [1.82, 2.24) is 0 Å². The fourth-order valence-corrected chi connectivity index (χ4v) is 2.52. The highest BCUT2D eigenvalue weighted by Gasteiger charge is 1.99. The van der Waals surface area contributed by atoms with Gasteiger partial charge in [-0.3, -0.25) is 4.79 Å². The van der Waals surface area contributed by atoms with Crippen LogP contribution >= 0.6 is 11.8 Å². The molecule has 1 N–H and O–H groups in total. The molecule has 1 amide bonds. The lowest BCUT2D eigenvalue weighted by atomic mass is 10.2.